The molecule has 2 N–H and O–H groups in total. The van der Waals surface area contributed by atoms with Crippen molar-refractivity contribution in [3.63, 3.8) is 0 Å². The molecule has 4 rings (SSSR count). The minimum atomic E-state index is -0.497. The van der Waals surface area contributed by atoms with E-state index in [9.17, 15) is 19.7 Å². The Labute approximate surface area is 179 Å². The SMILES string of the molecule is CC1CC(C)CN(C(=O)c2ccccc2NC(=O)c2c[nH]c3ccc([N+](=O)[O-])cc23)C1. The Morgan fingerprint density at radius 3 is 2.52 bits per heavy atom. The molecule has 8 heteroatoms. The Bertz CT molecular complexity index is 1160. The summed E-state index contributed by atoms with van der Waals surface area (Å²) in [5, 5.41) is 14.4. The molecule has 160 valence electrons. The van der Waals surface area contributed by atoms with Gasteiger partial charge >= 0.3 is 0 Å². The molecule has 1 aliphatic heterocycles. The van der Waals surface area contributed by atoms with Gasteiger partial charge in [-0.2, -0.15) is 0 Å². The van der Waals surface area contributed by atoms with Crippen molar-refractivity contribution in [2.75, 3.05) is 18.4 Å². The summed E-state index contributed by atoms with van der Waals surface area (Å²) in [6.45, 7) is 5.66. The number of hydrogen-bond donors (Lipinski definition) is 2. The lowest BCUT2D eigenvalue weighted by Gasteiger charge is -2.35. The molecule has 0 spiro atoms. The van der Waals surface area contributed by atoms with Gasteiger partial charge in [0.15, 0.2) is 0 Å². The Morgan fingerprint density at radius 2 is 1.81 bits per heavy atom. The number of carbonyl (C=O) groups excluding carboxylic acids is 2. The standard InChI is InChI=1S/C23H24N4O4/c1-14-9-15(2)13-26(12-14)23(29)17-5-3-4-6-21(17)25-22(28)19-11-24-20-8-7-16(27(30)31)10-18(19)20/h3-8,10-11,14-15,24H,9,12-13H2,1-2H3,(H,25,28). The number of amides is 2. The van der Waals surface area contributed by atoms with E-state index in [4.69, 9.17) is 0 Å². The monoisotopic (exact) mass is 420 g/mol. The number of anilines is 1. The fourth-order valence-electron chi connectivity index (χ4n) is 4.38. The second-order valence-electron chi connectivity index (χ2n) is 8.35. The largest absolute Gasteiger partial charge is 0.360 e. The van der Waals surface area contributed by atoms with Gasteiger partial charge in [-0.15, -0.1) is 0 Å². The number of aromatic nitrogens is 1. The van der Waals surface area contributed by atoms with Crippen LogP contribution in [-0.4, -0.2) is 39.7 Å². The summed E-state index contributed by atoms with van der Waals surface area (Å²) in [5.41, 5.74) is 1.66. The van der Waals surface area contributed by atoms with Crippen molar-refractivity contribution in [1.29, 1.82) is 0 Å². The first-order valence-corrected chi connectivity index (χ1v) is 10.3. The first-order chi connectivity index (χ1) is 14.8. The van der Waals surface area contributed by atoms with Gasteiger partial charge in [0, 0.05) is 42.3 Å². The first-order valence-electron chi connectivity index (χ1n) is 10.3. The van der Waals surface area contributed by atoms with Crippen molar-refractivity contribution >= 4 is 34.1 Å². The molecule has 1 saturated heterocycles. The second kappa shape index (κ2) is 8.22. The van der Waals surface area contributed by atoms with Crippen LogP contribution in [-0.2, 0) is 0 Å². The highest BCUT2D eigenvalue weighted by molar-refractivity contribution is 6.15. The van der Waals surface area contributed by atoms with E-state index in [1.54, 1.807) is 30.3 Å². The number of likely N-dealkylation sites (tertiary alicyclic amines) is 1. The Morgan fingerprint density at radius 1 is 1.10 bits per heavy atom. The summed E-state index contributed by atoms with van der Waals surface area (Å²) in [7, 11) is 0. The van der Waals surface area contributed by atoms with Crippen LogP contribution in [0.15, 0.2) is 48.7 Å². The second-order valence-corrected chi connectivity index (χ2v) is 8.35. The molecule has 2 atom stereocenters. The van der Waals surface area contributed by atoms with Crippen LogP contribution >= 0.6 is 0 Å². The van der Waals surface area contributed by atoms with Crippen LogP contribution in [0.25, 0.3) is 10.9 Å². The van der Waals surface area contributed by atoms with E-state index in [1.165, 1.54) is 18.3 Å². The van der Waals surface area contributed by atoms with Crippen LogP contribution in [0.3, 0.4) is 0 Å². The molecule has 8 nitrogen and oxygen atoms in total. The summed E-state index contributed by atoms with van der Waals surface area (Å²) in [6.07, 6.45) is 2.61. The number of carbonyl (C=O) groups is 2. The number of benzene rings is 2. The number of non-ortho nitro benzene ring substituents is 1. The predicted molar refractivity (Wildman–Crippen MR) is 118 cm³/mol. The van der Waals surface area contributed by atoms with Gasteiger partial charge in [0.1, 0.15) is 0 Å². The number of nitro groups is 1. The van der Waals surface area contributed by atoms with Gasteiger partial charge in [-0.25, -0.2) is 0 Å². The summed E-state index contributed by atoms with van der Waals surface area (Å²) in [4.78, 5) is 41.6. The number of H-pyrrole nitrogens is 1. The molecule has 3 aromatic rings. The van der Waals surface area contributed by atoms with Crippen LogP contribution in [0.4, 0.5) is 11.4 Å². The third-order valence-corrected chi connectivity index (χ3v) is 5.68. The quantitative estimate of drug-likeness (QED) is 0.480. The summed E-state index contributed by atoms with van der Waals surface area (Å²) >= 11 is 0. The molecule has 2 aromatic carbocycles. The van der Waals surface area contributed by atoms with Crippen LogP contribution < -0.4 is 5.32 Å². The topological polar surface area (TPSA) is 108 Å². The number of nitrogens with one attached hydrogen (secondary N) is 2. The van der Waals surface area contributed by atoms with Gasteiger partial charge in [-0.1, -0.05) is 26.0 Å². The van der Waals surface area contributed by atoms with Gasteiger partial charge in [0.25, 0.3) is 17.5 Å². The van der Waals surface area contributed by atoms with Crippen LogP contribution in [0.2, 0.25) is 0 Å². The highest BCUT2D eigenvalue weighted by atomic mass is 16.6. The molecule has 1 fully saturated rings. The van der Waals surface area contributed by atoms with Crippen molar-refractivity contribution in [3.05, 3.63) is 69.9 Å². The number of nitrogens with zero attached hydrogens (tertiary/aromatic N) is 2. The molecule has 1 aliphatic rings. The number of rotatable bonds is 4. The fraction of sp³-hybridized carbons (Fsp3) is 0.304. The van der Waals surface area contributed by atoms with Gasteiger partial charge < -0.3 is 15.2 Å². The van der Waals surface area contributed by atoms with Crippen LogP contribution in [0.1, 0.15) is 41.0 Å². The number of fused-ring (bicyclic) bond motifs is 1. The third-order valence-electron chi connectivity index (χ3n) is 5.68. The first kappa shape index (κ1) is 20.6. The lowest BCUT2D eigenvalue weighted by molar-refractivity contribution is -0.384. The van der Waals surface area contributed by atoms with E-state index in [2.05, 4.69) is 24.1 Å². The molecule has 2 heterocycles. The normalized spacial score (nSPS) is 18.7. The van der Waals surface area contributed by atoms with Crippen molar-refractivity contribution in [3.8, 4) is 0 Å². The molecule has 0 radical (unpaired) electrons. The molecule has 2 unspecified atom stereocenters. The van der Waals surface area contributed by atoms with E-state index in [0.29, 0.717) is 47.1 Å². The minimum absolute atomic E-state index is 0.0925. The van der Waals surface area contributed by atoms with Gasteiger partial charge in [-0.3, -0.25) is 19.7 Å². The van der Waals surface area contributed by atoms with Gasteiger partial charge in [0.05, 0.1) is 21.7 Å². The third kappa shape index (κ3) is 4.14. The van der Waals surface area contributed by atoms with Crippen molar-refractivity contribution in [2.24, 2.45) is 11.8 Å². The Kier molecular flexibility index (Phi) is 5.46. The molecule has 2 amide bonds. The average molecular weight is 420 g/mol. The maximum atomic E-state index is 13.2. The lowest BCUT2D eigenvalue weighted by atomic mass is 9.91. The van der Waals surface area contributed by atoms with Crippen molar-refractivity contribution in [2.45, 2.75) is 20.3 Å². The fourth-order valence-corrected chi connectivity index (χ4v) is 4.38. The highest BCUT2D eigenvalue weighted by Gasteiger charge is 2.28. The predicted octanol–water partition coefficient (Wildman–Crippen LogP) is 4.45. The van der Waals surface area contributed by atoms with Crippen molar-refractivity contribution < 1.29 is 14.5 Å². The van der Waals surface area contributed by atoms with Crippen molar-refractivity contribution in [1.82, 2.24) is 9.88 Å². The molecule has 31 heavy (non-hydrogen) atoms. The summed E-state index contributed by atoms with van der Waals surface area (Å²) in [5.74, 6) is 0.309. The van der Waals surface area contributed by atoms with E-state index in [0.717, 1.165) is 6.42 Å². The number of para-hydroxylation sites is 1. The minimum Gasteiger partial charge on any atom is -0.360 e. The van der Waals surface area contributed by atoms with Crippen LogP contribution in [0.5, 0.6) is 0 Å². The summed E-state index contributed by atoms with van der Waals surface area (Å²) < 4.78 is 0. The smallest absolute Gasteiger partial charge is 0.270 e. The number of hydrogen-bond acceptors (Lipinski definition) is 4. The van der Waals surface area contributed by atoms with Gasteiger partial charge in [-0.05, 0) is 36.5 Å². The number of aromatic amines is 1. The number of nitro benzene ring substituents is 1. The zero-order valence-electron chi connectivity index (χ0n) is 17.4. The molecule has 0 bridgehead atoms. The average Bonchev–Trinajstić information content (AvgIpc) is 3.16. The zero-order valence-corrected chi connectivity index (χ0v) is 17.4. The zero-order chi connectivity index (χ0) is 22.1. The summed E-state index contributed by atoms with van der Waals surface area (Å²) in [6, 6.07) is 11.3. The Balaban J connectivity index is 1.61. The molecule has 1 aromatic heterocycles. The molecule has 0 aliphatic carbocycles. The van der Waals surface area contributed by atoms with Gasteiger partial charge in [0.2, 0.25) is 0 Å². The van der Waals surface area contributed by atoms with Crippen LogP contribution in [0, 0.1) is 22.0 Å². The molecule has 0 saturated carbocycles. The lowest BCUT2D eigenvalue weighted by Crippen LogP contribution is -2.42. The van der Waals surface area contributed by atoms with E-state index >= 15 is 0 Å². The maximum Gasteiger partial charge on any atom is 0.270 e. The maximum absolute atomic E-state index is 13.2. The van der Waals surface area contributed by atoms with E-state index in [1.807, 2.05) is 4.90 Å². The Hall–Kier alpha value is -3.68. The molecular formula is C23H24N4O4. The highest BCUT2D eigenvalue weighted by Crippen LogP contribution is 2.27. The van der Waals surface area contributed by atoms with E-state index in [-0.39, 0.29) is 17.2 Å². The van der Waals surface area contributed by atoms with E-state index < -0.39 is 10.8 Å². The molecular weight excluding hydrogens is 396 g/mol. The number of piperidine rings is 1.